The number of hydrogen-bond donors (Lipinski definition) is 1. The molecule has 2 aromatic heterocycles. The van der Waals surface area contributed by atoms with E-state index in [9.17, 15) is 23.1 Å². The summed E-state index contributed by atoms with van der Waals surface area (Å²) in [4.78, 5) is 21.4. The number of amides is 1. The highest BCUT2D eigenvalue weighted by atomic mass is 32.2. The predicted octanol–water partition coefficient (Wildman–Crippen LogP) is 0.641. The first-order valence-electron chi connectivity index (χ1n) is 4.93. The fraction of sp³-hybridized carbons (Fsp3) is 0.111. The molecule has 0 aromatic carbocycles. The van der Waals surface area contributed by atoms with Crippen LogP contribution in [0.15, 0.2) is 28.1 Å². The normalized spacial score (nSPS) is 11.6. The van der Waals surface area contributed by atoms with Gasteiger partial charge in [0, 0.05) is 12.4 Å². The number of hydrogen-bond acceptors (Lipinski definition) is 7. The molecule has 20 heavy (non-hydrogen) atoms. The maximum atomic E-state index is 12.3. The molecule has 0 saturated carbocycles. The van der Waals surface area contributed by atoms with Crippen LogP contribution in [-0.2, 0) is 6.18 Å². The van der Waals surface area contributed by atoms with E-state index in [1.165, 1.54) is 6.20 Å². The van der Waals surface area contributed by atoms with E-state index in [0.717, 1.165) is 28.4 Å². The lowest BCUT2D eigenvalue weighted by molar-refractivity contribution is -0.544. The van der Waals surface area contributed by atoms with Gasteiger partial charge in [0.25, 0.3) is 6.09 Å². The van der Waals surface area contributed by atoms with Crippen LogP contribution >= 0.6 is 23.1 Å². The van der Waals surface area contributed by atoms with E-state index in [4.69, 9.17) is 0 Å². The number of rotatable bonds is 3. The van der Waals surface area contributed by atoms with Crippen molar-refractivity contribution in [2.45, 2.75) is 15.7 Å². The molecule has 2 N–H and O–H groups in total. The average Bonchev–Trinajstić information content (AvgIpc) is 2.75. The summed E-state index contributed by atoms with van der Waals surface area (Å²) in [6.07, 6.45) is -3.17. The van der Waals surface area contributed by atoms with Crippen molar-refractivity contribution in [3.8, 4) is 0 Å². The van der Waals surface area contributed by atoms with Gasteiger partial charge in [0.05, 0.1) is 5.56 Å². The summed E-state index contributed by atoms with van der Waals surface area (Å²) in [5.41, 5.74) is -0.938. The second-order valence-corrected chi connectivity index (χ2v) is 5.62. The average molecular weight is 322 g/mol. The SMILES string of the molecule is O=C([O-])[NH2+]c1cnc(Sc2ncc(C(F)(F)F)cn2)s1. The number of halogens is 3. The number of carbonyl (C=O) groups is 1. The first kappa shape index (κ1) is 14.7. The zero-order chi connectivity index (χ0) is 14.8. The molecule has 0 atom stereocenters. The molecule has 106 valence electrons. The van der Waals surface area contributed by atoms with Gasteiger partial charge in [-0.1, -0.05) is 11.3 Å². The van der Waals surface area contributed by atoms with Crippen molar-refractivity contribution >= 4 is 34.2 Å². The molecule has 2 rings (SSSR count). The number of thiazole rings is 1. The molecule has 1 amide bonds. The van der Waals surface area contributed by atoms with E-state index in [-0.39, 0.29) is 5.16 Å². The number of nitrogens with two attached hydrogens (primary N) is 1. The van der Waals surface area contributed by atoms with Crippen LogP contribution < -0.4 is 10.4 Å². The Morgan fingerprint density at radius 2 is 1.90 bits per heavy atom. The summed E-state index contributed by atoms with van der Waals surface area (Å²) in [5, 5.41) is 11.7. The number of quaternary nitrogens is 1. The molecule has 11 heteroatoms. The molecule has 6 nitrogen and oxygen atoms in total. The van der Waals surface area contributed by atoms with Crippen molar-refractivity contribution in [3.05, 3.63) is 24.2 Å². The fourth-order valence-electron chi connectivity index (χ4n) is 1.09. The number of nitrogens with zero attached hydrogens (tertiary/aromatic N) is 3. The van der Waals surface area contributed by atoms with Crippen molar-refractivity contribution in [1.82, 2.24) is 15.0 Å². The van der Waals surface area contributed by atoms with E-state index in [2.05, 4.69) is 15.0 Å². The molecule has 2 heterocycles. The number of carbonyl (C=O) groups excluding carboxylic acids is 1. The Morgan fingerprint density at radius 3 is 2.45 bits per heavy atom. The van der Waals surface area contributed by atoms with Gasteiger partial charge in [-0.2, -0.15) is 13.2 Å². The van der Waals surface area contributed by atoms with E-state index in [1.807, 2.05) is 0 Å². The van der Waals surface area contributed by atoms with E-state index >= 15 is 0 Å². The van der Waals surface area contributed by atoms with Crippen LogP contribution in [-0.4, -0.2) is 21.0 Å². The highest BCUT2D eigenvalue weighted by Crippen LogP contribution is 2.31. The van der Waals surface area contributed by atoms with Crippen LogP contribution in [0.1, 0.15) is 5.56 Å². The van der Waals surface area contributed by atoms with Gasteiger partial charge in [-0.05, 0) is 11.8 Å². The maximum Gasteiger partial charge on any atom is 0.419 e. The molecular formula is C9H5F3N4O2S2. The third-order valence-electron chi connectivity index (χ3n) is 1.90. The molecule has 0 spiro atoms. The Hall–Kier alpha value is -1.72. The van der Waals surface area contributed by atoms with Gasteiger partial charge >= 0.3 is 6.18 Å². The number of aromatic nitrogens is 3. The van der Waals surface area contributed by atoms with Gasteiger partial charge < -0.3 is 9.90 Å². The van der Waals surface area contributed by atoms with Gasteiger partial charge in [-0.3, -0.25) is 5.32 Å². The van der Waals surface area contributed by atoms with Crippen LogP contribution in [0.3, 0.4) is 0 Å². The first-order valence-corrected chi connectivity index (χ1v) is 6.56. The molecule has 0 aliphatic carbocycles. The van der Waals surface area contributed by atoms with Crippen LogP contribution in [0.5, 0.6) is 0 Å². The second-order valence-electron chi connectivity index (χ2n) is 3.35. The molecule has 0 aliphatic rings. The van der Waals surface area contributed by atoms with E-state index in [1.54, 1.807) is 0 Å². The van der Waals surface area contributed by atoms with E-state index in [0.29, 0.717) is 21.7 Å². The summed E-state index contributed by atoms with van der Waals surface area (Å²) in [6, 6.07) is 0. The molecule has 0 bridgehead atoms. The molecule has 0 fully saturated rings. The standard InChI is InChI=1S/C9H5F3N4O2S2/c10-9(11,12)4-1-13-6(14-2-4)20-8-15-3-5(19-8)16-7(17)18/h1-3,16H,(H,17,18). The van der Waals surface area contributed by atoms with Crippen molar-refractivity contribution in [1.29, 1.82) is 0 Å². The quantitative estimate of drug-likeness (QED) is 0.833. The predicted molar refractivity (Wildman–Crippen MR) is 60.3 cm³/mol. The summed E-state index contributed by atoms with van der Waals surface area (Å²) in [6.45, 7) is 0. The third kappa shape index (κ3) is 3.88. The highest BCUT2D eigenvalue weighted by molar-refractivity contribution is 8.00. The van der Waals surface area contributed by atoms with Crippen LogP contribution in [0.25, 0.3) is 0 Å². The third-order valence-corrected chi connectivity index (χ3v) is 3.81. The Morgan fingerprint density at radius 1 is 1.25 bits per heavy atom. The zero-order valence-electron chi connectivity index (χ0n) is 9.42. The zero-order valence-corrected chi connectivity index (χ0v) is 11.1. The first-order chi connectivity index (χ1) is 9.34. The van der Waals surface area contributed by atoms with Crippen LogP contribution in [0, 0.1) is 0 Å². The van der Waals surface area contributed by atoms with Gasteiger partial charge in [-0.15, -0.1) is 0 Å². The monoisotopic (exact) mass is 322 g/mol. The molecule has 0 unspecified atom stereocenters. The minimum Gasteiger partial charge on any atom is -0.498 e. The minimum absolute atomic E-state index is 0.0901. The van der Waals surface area contributed by atoms with Crippen molar-refractivity contribution < 1.29 is 28.4 Å². The fourth-order valence-corrected chi connectivity index (χ4v) is 2.81. The molecular weight excluding hydrogens is 317 g/mol. The molecule has 0 saturated heterocycles. The maximum absolute atomic E-state index is 12.3. The summed E-state index contributed by atoms with van der Waals surface area (Å²) < 4.78 is 37.3. The van der Waals surface area contributed by atoms with Gasteiger partial charge in [0.2, 0.25) is 5.00 Å². The van der Waals surface area contributed by atoms with Crippen LogP contribution in [0.4, 0.5) is 23.0 Å². The van der Waals surface area contributed by atoms with Crippen molar-refractivity contribution in [3.63, 3.8) is 0 Å². The highest BCUT2D eigenvalue weighted by Gasteiger charge is 2.31. The van der Waals surface area contributed by atoms with Crippen molar-refractivity contribution in [2.75, 3.05) is 0 Å². The lowest BCUT2D eigenvalue weighted by atomic mass is 10.3. The van der Waals surface area contributed by atoms with Gasteiger partial charge in [-0.25, -0.2) is 15.0 Å². The molecule has 2 aromatic rings. The van der Waals surface area contributed by atoms with Gasteiger partial charge in [0.1, 0.15) is 6.20 Å². The van der Waals surface area contributed by atoms with Gasteiger partial charge in [0.15, 0.2) is 9.50 Å². The summed E-state index contributed by atoms with van der Waals surface area (Å²) >= 11 is 1.98. The Kier molecular flexibility index (Phi) is 4.20. The number of alkyl halides is 3. The Bertz CT molecular complexity index is 614. The lowest BCUT2D eigenvalue weighted by Gasteiger charge is -2.04. The largest absolute Gasteiger partial charge is 0.498 e. The summed E-state index contributed by atoms with van der Waals surface area (Å²) in [7, 11) is 0. The van der Waals surface area contributed by atoms with Crippen molar-refractivity contribution in [2.24, 2.45) is 0 Å². The minimum atomic E-state index is -4.49. The van der Waals surface area contributed by atoms with E-state index < -0.39 is 17.8 Å². The lowest BCUT2D eigenvalue weighted by Crippen LogP contribution is -2.86. The van der Waals surface area contributed by atoms with Crippen LogP contribution in [0.2, 0.25) is 0 Å². The summed E-state index contributed by atoms with van der Waals surface area (Å²) in [5.74, 6) is 0. The molecule has 0 radical (unpaired) electrons. The Labute approximate surface area is 118 Å². The number of carboxylic acid groups (broad SMARTS) is 1. The smallest absolute Gasteiger partial charge is 0.419 e. The Balaban J connectivity index is 2.06. The topological polar surface area (TPSA) is 95.4 Å². The molecule has 0 aliphatic heterocycles. The number of primary amides is 1. The second kappa shape index (κ2) is 5.73.